The Kier molecular flexibility index (Phi) is 3.77. The molecule has 0 aromatic heterocycles. The SMILES string of the molecule is C[C@@H]1CN(C(=O)C(C)(C)C)C[C@H]1CCN. The summed E-state index contributed by atoms with van der Waals surface area (Å²) in [5.41, 5.74) is 5.32. The number of likely N-dealkylation sites (tertiary alicyclic amines) is 1. The first-order valence-electron chi connectivity index (χ1n) is 5.85. The Morgan fingerprint density at radius 2 is 2.00 bits per heavy atom. The fraction of sp³-hybridized carbons (Fsp3) is 0.917. The van der Waals surface area contributed by atoms with Crippen LogP contribution in [0.1, 0.15) is 34.1 Å². The molecule has 1 heterocycles. The number of nitrogens with two attached hydrogens (primary N) is 1. The molecule has 1 amide bonds. The van der Waals surface area contributed by atoms with Crippen LogP contribution in [0.4, 0.5) is 0 Å². The van der Waals surface area contributed by atoms with Crippen molar-refractivity contribution < 1.29 is 4.79 Å². The summed E-state index contributed by atoms with van der Waals surface area (Å²) in [7, 11) is 0. The van der Waals surface area contributed by atoms with Gasteiger partial charge < -0.3 is 10.6 Å². The fourth-order valence-electron chi connectivity index (χ4n) is 2.26. The van der Waals surface area contributed by atoms with E-state index < -0.39 is 0 Å². The van der Waals surface area contributed by atoms with Crippen molar-refractivity contribution in [3.05, 3.63) is 0 Å². The van der Waals surface area contributed by atoms with E-state index in [1.54, 1.807) is 0 Å². The zero-order valence-corrected chi connectivity index (χ0v) is 10.4. The van der Waals surface area contributed by atoms with Crippen molar-refractivity contribution in [3.8, 4) is 0 Å². The predicted octanol–water partition coefficient (Wildman–Crippen LogP) is 1.48. The summed E-state index contributed by atoms with van der Waals surface area (Å²) in [5, 5.41) is 0. The van der Waals surface area contributed by atoms with Crippen molar-refractivity contribution in [2.24, 2.45) is 23.0 Å². The van der Waals surface area contributed by atoms with Gasteiger partial charge in [-0.3, -0.25) is 4.79 Å². The van der Waals surface area contributed by atoms with Gasteiger partial charge in [-0.15, -0.1) is 0 Å². The minimum Gasteiger partial charge on any atom is -0.342 e. The van der Waals surface area contributed by atoms with Crippen LogP contribution in [-0.2, 0) is 4.79 Å². The Bertz CT molecular complexity index is 232. The summed E-state index contributed by atoms with van der Waals surface area (Å²) in [5.74, 6) is 1.47. The van der Waals surface area contributed by atoms with Crippen LogP contribution in [0.3, 0.4) is 0 Å². The molecule has 0 bridgehead atoms. The van der Waals surface area contributed by atoms with Gasteiger partial charge in [0.05, 0.1) is 0 Å². The molecule has 2 atom stereocenters. The van der Waals surface area contributed by atoms with Crippen LogP contribution in [0.15, 0.2) is 0 Å². The molecular weight excluding hydrogens is 188 g/mol. The van der Waals surface area contributed by atoms with Gasteiger partial charge in [0.15, 0.2) is 0 Å². The molecule has 0 aromatic rings. The fourth-order valence-corrected chi connectivity index (χ4v) is 2.26. The molecule has 0 aliphatic carbocycles. The van der Waals surface area contributed by atoms with Crippen molar-refractivity contribution in [1.82, 2.24) is 4.90 Å². The van der Waals surface area contributed by atoms with E-state index in [0.29, 0.717) is 11.8 Å². The van der Waals surface area contributed by atoms with Crippen molar-refractivity contribution in [2.75, 3.05) is 19.6 Å². The first-order valence-corrected chi connectivity index (χ1v) is 5.85. The lowest BCUT2D eigenvalue weighted by atomic mass is 9.95. The van der Waals surface area contributed by atoms with Crippen LogP contribution in [0.2, 0.25) is 0 Å². The zero-order valence-electron chi connectivity index (χ0n) is 10.4. The van der Waals surface area contributed by atoms with Crippen molar-refractivity contribution in [2.45, 2.75) is 34.1 Å². The number of nitrogens with zero attached hydrogens (tertiary/aromatic N) is 1. The van der Waals surface area contributed by atoms with E-state index in [4.69, 9.17) is 5.73 Å². The third kappa shape index (κ3) is 2.94. The van der Waals surface area contributed by atoms with Gasteiger partial charge in [-0.25, -0.2) is 0 Å². The Morgan fingerprint density at radius 3 is 2.47 bits per heavy atom. The highest BCUT2D eigenvalue weighted by Gasteiger charge is 2.35. The summed E-state index contributed by atoms with van der Waals surface area (Å²) in [6, 6.07) is 0. The summed E-state index contributed by atoms with van der Waals surface area (Å²) in [4.78, 5) is 14.1. The number of hydrogen-bond donors (Lipinski definition) is 1. The Morgan fingerprint density at radius 1 is 1.40 bits per heavy atom. The summed E-state index contributed by atoms with van der Waals surface area (Å²) in [6.07, 6.45) is 1.04. The molecule has 0 unspecified atom stereocenters. The van der Waals surface area contributed by atoms with Gasteiger partial charge in [0, 0.05) is 18.5 Å². The van der Waals surface area contributed by atoms with Crippen LogP contribution in [0.5, 0.6) is 0 Å². The molecule has 3 heteroatoms. The lowest BCUT2D eigenvalue weighted by molar-refractivity contribution is -0.138. The normalized spacial score (nSPS) is 27.1. The molecule has 3 nitrogen and oxygen atoms in total. The maximum atomic E-state index is 12.1. The Balaban J connectivity index is 2.58. The molecule has 2 N–H and O–H groups in total. The van der Waals surface area contributed by atoms with E-state index in [1.165, 1.54) is 0 Å². The monoisotopic (exact) mass is 212 g/mol. The molecule has 1 aliphatic heterocycles. The number of carbonyl (C=O) groups excluding carboxylic acids is 1. The van der Waals surface area contributed by atoms with Gasteiger partial charge in [-0.05, 0) is 24.8 Å². The van der Waals surface area contributed by atoms with Crippen LogP contribution >= 0.6 is 0 Å². The number of amides is 1. The van der Waals surface area contributed by atoms with Gasteiger partial charge in [0.25, 0.3) is 0 Å². The lowest BCUT2D eigenvalue weighted by Crippen LogP contribution is -2.38. The average Bonchev–Trinajstić information content (AvgIpc) is 2.46. The van der Waals surface area contributed by atoms with Gasteiger partial charge in [-0.1, -0.05) is 27.7 Å². The number of rotatable bonds is 2. The van der Waals surface area contributed by atoms with Gasteiger partial charge in [0.1, 0.15) is 0 Å². The van der Waals surface area contributed by atoms with E-state index in [9.17, 15) is 4.79 Å². The largest absolute Gasteiger partial charge is 0.342 e. The Labute approximate surface area is 93.0 Å². The molecular formula is C12H24N2O. The second-order valence-electron chi connectivity index (χ2n) is 5.77. The predicted molar refractivity (Wildman–Crippen MR) is 62.4 cm³/mol. The number of carbonyl (C=O) groups is 1. The highest BCUT2D eigenvalue weighted by atomic mass is 16.2. The first-order chi connectivity index (χ1) is 6.86. The second kappa shape index (κ2) is 4.52. The van der Waals surface area contributed by atoms with Crippen LogP contribution in [-0.4, -0.2) is 30.4 Å². The molecule has 0 saturated carbocycles. The van der Waals surface area contributed by atoms with Crippen LogP contribution in [0, 0.1) is 17.3 Å². The number of hydrogen-bond acceptors (Lipinski definition) is 2. The van der Waals surface area contributed by atoms with E-state index in [2.05, 4.69) is 6.92 Å². The van der Waals surface area contributed by atoms with Crippen LogP contribution in [0.25, 0.3) is 0 Å². The van der Waals surface area contributed by atoms with Crippen molar-refractivity contribution in [3.63, 3.8) is 0 Å². The maximum absolute atomic E-state index is 12.1. The third-order valence-corrected chi connectivity index (χ3v) is 3.23. The highest BCUT2D eigenvalue weighted by molar-refractivity contribution is 5.81. The summed E-state index contributed by atoms with van der Waals surface area (Å²) in [6.45, 7) is 10.7. The molecule has 1 aliphatic rings. The smallest absolute Gasteiger partial charge is 0.227 e. The van der Waals surface area contributed by atoms with Crippen LogP contribution < -0.4 is 5.73 Å². The van der Waals surface area contributed by atoms with Crippen molar-refractivity contribution >= 4 is 5.91 Å². The molecule has 1 saturated heterocycles. The molecule has 1 rings (SSSR count). The highest BCUT2D eigenvalue weighted by Crippen LogP contribution is 2.29. The zero-order chi connectivity index (χ0) is 11.6. The van der Waals surface area contributed by atoms with Gasteiger partial charge in [-0.2, -0.15) is 0 Å². The average molecular weight is 212 g/mol. The molecule has 1 fully saturated rings. The standard InChI is InChI=1S/C12H24N2O/c1-9-7-14(8-10(9)5-6-13)11(15)12(2,3)4/h9-10H,5-8,13H2,1-4H3/t9-,10-/m1/s1. The second-order valence-corrected chi connectivity index (χ2v) is 5.77. The minimum absolute atomic E-state index is 0.253. The van der Waals surface area contributed by atoms with Gasteiger partial charge >= 0.3 is 0 Å². The third-order valence-electron chi connectivity index (χ3n) is 3.23. The first kappa shape index (κ1) is 12.5. The summed E-state index contributed by atoms with van der Waals surface area (Å²) >= 11 is 0. The topological polar surface area (TPSA) is 46.3 Å². The summed E-state index contributed by atoms with van der Waals surface area (Å²) < 4.78 is 0. The van der Waals surface area contributed by atoms with Gasteiger partial charge in [0.2, 0.25) is 5.91 Å². The van der Waals surface area contributed by atoms with E-state index in [0.717, 1.165) is 26.1 Å². The molecule has 0 spiro atoms. The molecule has 0 radical (unpaired) electrons. The quantitative estimate of drug-likeness (QED) is 0.753. The van der Waals surface area contributed by atoms with E-state index in [-0.39, 0.29) is 11.3 Å². The lowest BCUT2D eigenvalue weighted by Gasteiger charge is -2.25. The van der Waals surface area contributed by atoms with Crippen molar-refractivity contribution in [1.29, 1.82) is 0 Å². The molecule has 15 heavy (non-hydrogen) atoms. The van der Waals surface area contributed by atoms with E-state index in [1.807, 2.05) is 25.7 Å². The molecule has 88 valence electrons. The van der Waals surface area contributed by atoms with E-state index >= 15 is 0 Å². The molecule has 0 aromatic carbocycles. The maximum Gasteiger partial charge on any atom is 0.227 e. The minimum atomic E-state index is -0.253. The Hall–Kier alpha value is -0.570.